The fourth-order valence-electron chi connectivity index (χ4n) is 3.79. The highest BCUT2D eigenvalue weighted by Gasteiger charge is 2.32. The Morgan fingerprint density at radius 1 is 0.769 bits per heavy atom. The first-order chi connectivity index (χ1) is 18.6. The van der Waals surface area contributed by atoms with E-state index in [1.807, 2.05) is 26.0 Å². The van der Waals surface area contributed by atoms with E-state index in [1.54, 1.807) is 66.7 Å². The molecule has 0 aliphatic heterocycles. The number of nitrogens with zero attached hydrogens (tertiary/aromatic N) is 2. The van der Waals surface area contributed by atoms with Gasteiger partial charge in [-0.25, -0.2) is 13.1 Å². The molecule has 4 aromatic rings. The lowest BCUT2D eigenvalue weighted by atomic mass is 10.1. The fourth-order valence-corrected chi connectivity index (χ4v) is 6.49. The van der Waals surface area contributed by atoms with Crippen LogP contribution in [0, 0.1) is 13.8 Å². The number of hydrogen-bond donors (Lipinski definition) is 1. The summed E-state index contributed by atoms with van der Waals surface area (Å²) in [6.45, 7) is 3.49. The van der Waals surface area contributed by atoms with Gasteiger partial charge in [0.25, 0.3) is 10.0 Å². The van der Waals surface area contributed by atoms with Gasteiger partial charge in [0.15, 0.2) is 0 Å². The summed E-state index contributed by atoms with van der Waals surface area (Å²) in [7, 11) is -8.12. The SMILES string of the molecule is Cc1ccc(S(=O)(=O)NC[C@H](c2ccccc2)N(/N=C/c2ccc(Br)cc2)S(=O)(=O)c2ccc(C)cc2)cc1. The highest BCUT2D eigenvalue weighted by Crippen LogP contribution is 2.29. The molecule has 0 aliphatic rings. The molecule has 39 heavy (non-hydrogen) atoms. The number of sulfonamides is 2. The average Bonchev–Trinajstić information content (AvgIpc) is 2.92. The Hall–Kier alpha value is -3.31. The summed E-state index contributed by atoms with van der Waals surface area (Å²) in [6, 6.07) is 28.0. The molecule has 7 nitrogen and oxygen atoms in total. The van der Waals surface area contributed by atoms with E-state index in [4.69, 9.17) is 0 Å². The molecule has 1 atom stereocenters. The second kappa shape index (κ2) is 12.3. The lowest BCUT2D eigenvalue weighted by Crippen LogP contribution is -2.39. The van der Waals surface area contributed by atoms with E-state index in [9.17, 15) is 16.8 Å². The van der Waals surface area contributed by atoms with Gasteiger partial charge in [0.05, 0.1) is 16.0 Å². The number of hydrogen-bond acceptors (Lipinski definition) is 5. The minimum atomic E-state index is -4.19. The highest BCUT2D eigenvalue weighted by atomic mass is 79.9. The third kappa shape index (κ3) is 7.21. The van der Waals surface area contributed by atoms with Gasteiger partial charge in [-0.1, -0.05) is 93.8 Å². The molecule has 0 fully saturated rings. The molecule has 0 aromatic heterocycles. The van der Waals surface area contributed by atoms with Crippen LogP contribution in [0.15, 0.2) is 122 Å². The van der Waals surface area contributed by atoms with Gasteiger partial charge in [-0.15, -0.1) is 0 Å². The lowest BCUT2D eigenvalue weighted by molar-refractivity contribution is 0.337. The standard InChI is InChI=1S/C29H28BrN3O4S2/c1-22-8-16-27(17-9-22)38(34,35)32-21-29(25-6-4-3-5-7-25)33(31-20-24-12-14-26(30)15-13-24)39(36,37)28-18-10-23(2)11-19-28/h3-20,29,32H,21H2,1-2H3/b31-20+/t29-/m1/s1. The first kappa shape index (κ1) is 28.7. The van der Waals surface area contributed by atoms with Crippen molar-refractivity contribution in [1.29, 1.82) is 0 Å². The van der Waals surface area contributed by atoms with Crippen LogP contribution >= 0.6 is 15.9 Å². The van der Waals surface area contributed by atoms with Gasteiger partial charge < -0.3 is 0 Å². The molecule has 202 valence electrons. The first-order valence-electron chi connectivity index (χ1n) is 12.1. The van der Waals surface area contributed by atoms with Gasteiger partial charge in [-0.05, 0) is 61.4 Å². The van der Waals surface area contributed by atoms with Crippen LogP contribution in [0.1, 0.15) is 28.3 Å². The molecule has 0 amide bonds. The van der Waals surface area contributed by atoms with E-state index in [2.05, 4.69) is 25.8 Å². The molecule has 4 aromatic carbocycles. The first-order valence-corrected chi connectivity index (χ1v) is 15.8. The number of rotatable bonds is 10. The number of nitrogens with one attached hydrogen (secondary N) is 1. The maximum absolute atomic E-state index is 14.0. The second-order valence-corrected chi connectivity index (χ2v) is 13.5. The third-order valence-electron chi connectivity index (χ3n) is 6.00. The molecular weight excluding hydrogens is 598 g/mol. The zero-order valence-electron chi connectivity index (χ0n) is 21.4. The third-order valence-corrected chi connectivity index (χ3v) is 9.68. The average molecular weight is 627 g/mol. The van der Waals surface area contributed by atoms with Crippen LogP contribution in [0.3, 0.4) is 0 Å². The summed E-state index contributed by atoms with van der Waals surface area (Å²) in [5.41, 5.74) is 3.08. The number of aryl methyl sites for hydroxylation is 2. The van der Waals surface area contributed by atoms with Crippen molar-refractivity contribution in [3.63, 3.8) is 0 Å². The number of benzene rings is 4. The van der Waals surface area contributed by atoms with Gasteiger partial charge in [0, 0.05) is 11.0 Å². The predicted octanol–water partition coefficient (Wildman–Crippen LogP) is 5.81. The summed E-state index contributed by atoms with van der Waals surface area (Å²) in [5.74, 6) is 0. The molecule has 0 heterocycles. The molecule has 0 spiro atoms. The van der Waals surface area contributed by atoms with Crippen molar-refractivity contribution < 1.29 is 16.8 Å². The van der Waals surface area contributed by atoms with Crippen LogP contribution in [0.2, 0.25) is 0 Å². The van der Waals surface area contributed by atoms with Gasteiger partial charge in [0.1, 0.15) is 6.04 Å². The van der Waals surface area contributed by atoms with Crippen LogP contribution in [-0.2, 0) is 20.0 Å². The van der Waals surface area contributed by atoms with Crippen LogP contribution in [0.25, 0.3) is 0 Å². The van der Waals surface area contributed by atoms with Gasteiger partial charge in [-0.3, -0.25) is 0 Å². The molecule has 1 N–H and O–H groups in total. The van der Waals surface area contributed by atoms with E-state index in [0.717, 1.165) is 20.0 Å². The van der Waals surface area contributed by atoms with Crippen LogP contribution in [-0.4, -0.2) is 34.0 Å². The monoisotopic (exact) mass is 625 g/mol. The van der Waals surface area contributed by atoms with Gasteiger partial charge >= 0.3 is 0 Å². The Labute approximate surface area is 238 Å². The summed E-state index contributed by atoms with van der Waals surface area (Å²) in [6.07, 6.45) is 1.45. The Morgan fingerprint density at radius 3 is 1.87 bits per heavy atom. The van der Waals surface area contributed by atoms with E-state index >= 15 is 0 Å². The molecule has 0 radical (unpaired) electrons. The van der Waals surface area contributed by atoms with E-state index in [-0.39, 0.29) is 16.3 Å². The van der Waals surface area contributed by atoms with Gasteiger partial charge in [-0.2, -0.15) is 17.9 Å². The molecule has 4 rings (SSSR count). The summed E-state index contributed by atoms with van der Waals surface area (Å²) in [4.78, 5) is 0.134. The maximum atomic E-state index is 14.0. The van der Waals surface area contributed by atoms with E-state index < -0.39 is 26.1 Å². The van der Waals surface area contributed by atoms with Crippen LogP contribution in [0.4, 0.5) is 0 Å². The van der Waals surface area contributed by atoms with Crippen molar-refractivity contribution in [2.45, 2.75) is 29.7 Å². The Balaban J connectivity index is 1.78. The quantitative estimate of drug-likeness (QED) is 0.178. The van der Waals surface area contributed by atoms with Crippen molar-refractivity contribution in [3.8, 4) is 0 Å². The van der Waals surface area contributed by atoms with Crippen molar-refractivity contribution in [3.05, 3.63) is 130 Å². The molecule has 0 saturated heterocycles. The van der Waals surface area contributed by atoms with Crippen LogP contribution < -0.4 is 4.72 Å². The van der Waals surface area contributed by atoms with Crippen molar-refractivity contribution in [2.24, 2.45) is 5.10 Å². The topological polar surface area (TPSA) is 95.9 Å². The predicted molar refractivity (Wildman–Crippen MR) is 157 cm³/mol. The number of hydrazone groups is 1. The summed E-state index contributed by atoms with van der Waals surface area (Å²) < 4.78 is 58.7. The number of halogens is 1. The maximum Gasteiger partial charge on any atom is 0.279 e. The van der Waals surface area contributed by atoms with Crippen LogP contribution in [0.5, 0.6) is 0 Å². The van der Waals surface area contributed by atoms with Gasteiger partial charge in [0.2, 0.25) is 10.0 Å². The summed E-state index contributed by atoms with van der Waals surface area (Å²) in [5, 5.41) is 4.43. The molecular formula is C29H28BrN3O4S2. The molecule has 0 bridgehead atoms. The minimum absolute atomic E-state index is 0.0448. The fraction of sp³-hybridized carbons (Fsp3) is 0.138. The van der Waals surface area contributed by atoms with Crippen molar-refractivity contribution in [2.75, 3.05) is 6.54 Å². The normalized spacial score (nSPS) is 12.9. The Kier molecular flexibility index (Phi) is 9.01. The Bertz CT molecular complexity index is 1640. The Morgan fingerprint density at radius 2 is 1.31 bits per heavy atom. The smallest absolute Gasteiger partial charge is 0.209 e. The van der Waals surface area contributed by atoms with Crippen molar-refractivity contribution in [1.82, 2.24) is 9.14 Å². The minimum Gasteiger partial charge on any atom is -0.209 e. The highest BCUT2D eigenvalue weighted by molar-refractivity contribution is 9.10. The molecule has 0 saturated carbocycles. The zero-order chi connectivity index (χ0) is 28.0. The molecule has 0 unspecified atom stereocenters. The van der Waals surface area contributed by atoms with E-state index in [0.29, 0.717) is 11.1 Å². The largest absolute Gasteiger partial charge is 0.279 e. The zero-order valence-corrected chi connectivity index (χ0v) is 24.6. The second-order valence-electron chi connectivity index (χ2n) is 8.98. The summed E-state index contributed by atoms with van der Waals surface area (Å²) >= 11 is 3.39. The molecule has 10 heteroatoms. The molecule has 0 aliphatic carbocycles. The lowest BCUT2D eigenvalue weighted by Gasteiger charge is -2.29. The van der Waals surface area contributed by atoms with Crippen molar-refractivity contribution >= 4 is 42.2 Å². The van der Waals surface area contributed by atoms with E-state index in [1.165, 1.54) is 30.5 Å².